The van der Waals surface area contributed by atoms with Crippen molar-refractivity contribution in [2.24, 2.45) is 0 Å². The van der Waals surface area contributed by atoms with Crippen molar-refractivity contribution in [2.45, 2.75) is 6.92 Å². The minimum atomic E-state index is 0.108. The molecule has 0 radical (unpaired) electrons. The van der Waals surface area contributed by atoms with Crippen molar-refractivity contribution < 1.29 is 4.79 Å². The quantitative estimate of drug-likeness (QED) is 0.520. The Labute approximate surface area is 56.2 Å². The van der Waals surface area contributed by atoms with E-state index in [0.29, 0.717) is 0 Å². The SMILES string of the molecule is CC(=O)C=CCN(C)C. The third-order valence-corrected chi connectivity index (χ3v) is 0.823. The Kier molecular flexibility index (Phi) is 3.97. The van der Waals surface area contributed by atoms with Crippen molar-refractivity contribution >= 4 is 5.78 Å². The number of hydrogen-bond donors (Lipinski definition) is 0. The van der Waals surface area contributed by atoms with Gasteiger partial charge in [0.1, 0.15) is 0 Å². The molecule has 0 aliphatic carbocycles. The van der Waals surface area contributed by atoms with Crippen LogP contribution in [0.2, 0.25) is 0 Å². The number of likely N-dealkylation sites (N-methyl/N-ethyl adjacent to an activating group) is 1. The van der Waals surface area contributed by atoms with Crippen LogP contribution in [-0.2, 0) is 4.79 Å². The minimum absolute atomic E-state index is 0.108. The van der Waals surface area contributed by atoms with Gasteiger partial charge in [-0.05, 0) is 27.1 Å². The smallest absolute Gasteiger partial charge is 0.152 e. The largest absolute Gasteiger partial charge is 0.306 e. The number of allylic oxidation sites excluding steroid dienone is 1. The first-order valence-corrected chi connectivity index (χ1v) is 2.95. The summed E-state index contributed by atoms with van der Waals surface area (Å²) in [6, 6.07) is 0. The summed E-state index contributed by atoms with van der Waals surface area (Å²) in [7, 11) is 3.93. The second kappa shape index (κ2) is 4.27. The van der Waals surface area contributed by atoms with E-state index in [2.05, 4.69) is 0 Å². The summed E-state index contributed by atoms with van der Waals surface area (Å²) in [4.78, 5) is 12.3. The van der Waals surface area contributed by atoms with Crippen LogP contribution in [0.4, 0.5) is 0 Å². The van der Waals surface area contributed by atoms with Gasteiger partial charge in [0, 0.05) is 6.54 Å². The van der Waals surface area contributed by atoms with Gasteiger partial charge in [-0.1, -0.05) is 6.08 Å². The van der Waals surface area contributed by atoms with Crippen molar-refractivity contribution in [3.05, 3.63) is 12.2 Å². The van der Waals surface area contributed by atoms with Crippen molar-refractivity contribution in [2.75, 3.05) is 20.6 Å². The topological polar surface area (TPSA) is 20.3 Å². The van der Waals surface area contributed by atoms with Crippen LogP contribution in [0.3, 0.4) is 0 Å². The van der Waals surface area contributed by atoms with Crippen molar-refractivity contribution in [1.82, 2.24) is 4.90 Å². The molecule has 2 nitrogen and oxygen atoms in total. The molecule has 0 aliphatic heterocycles. The summed E-state index contributed by atoms with van der Waals surface area (Å²) in [5, 5.41) is 0. The molecule has 0 spiro atoms. The van der Waals surface area contributed by atoms with Gasteiger partial charge in [-0.2, -0.15) is 0 Å². The predicted molar refractivity (Wildman–Crippen MR) is 38.4 cm³/mol. The lowest BCUT2D eigenvalue weighted by Gasteiger charge is -2.02. The summed E-state index contributed by atoms with van der Waals surface area (Å²) >= 11 is 0. The second-order valence-corrected chi connectivity index (χ2v) is 2.28. The van der Waals surface area contributed by atoms with Gasteiger partial charge in [0.2, 0.25) is 0 Å². The van der Waals surface area contributed by atoms with Gasteiger partial charge in [-0.3, -0.25) is 4.79 Å². The fourth-order valence-electron chi connectivity index (χ4n) is 0.429. The van der Waals surface area contributed by atoms with Crippen molar-refractivity contribution in [3.63, 3.8) is 0 Å². The first-order valence-electron chi connectivity index (χ1n) is 2.95. The highest BCUT2D eigenvalue weighted by Gasteiger charge is 1.83. The monoisotopic (exact) mass is 127 g/mol. The third kappa shape index (κ3) is 7.37. The van der Waals surface area contributed by atoms with Crippen LogP contribution < -0.4 is 0 Å². The first-order chi connectivity index (χ1) is 4.13. The van der Waals surface area contributed by atoms with E-state index in [1.807, 2.05) is 25.1 Å². The fraction of sp³-hybridized carbons (Fsp3) is 0.571. The molecule has 0 atom stereocenters. The Morgan fingerprint density at radius 1 is 1.56 bits per heavy atom. The molecule has 0 N–H and O–H groups in total. The van der Waals surface area contributed by atoms with E-state index in [4.69, 9.17) is 0 Å². The van der Waals surface area contributed by atoms with E-state index in [9.17, 15) is 4.79 Å². The highest BCUT2D eigenvalue weighted by atomic mass is 16.1. The lowest BCUT2D eigenvalue weighted by atomic mass is 10.4. The highest BCUT2D eigenvalue weighted by molar-refractivity contribution is 5.87. The zero-order valence-electron chi connectivity index (χ0n) is 6.22. The second-order valence-electron chi connectivity index (χ2n) is 2.28. The van der Waals surface area contributed by atoms with Crippen LogP contribution in [0.25, 0.3) is 0 Å². The standard InChI is InChI=1S/C7H13NO/c1-7(9)5-4-6-8(2)3/h4-5H,6H2,1-3H3. The predicted octanol–water partition coefficient (Wildman–Crippen LogP) is 0.693. The molecule has 2 heteroatoms. The van der Waals surface area contributed by atoms with Crippen LogP contribution in [0.5, 0.6) is 0 Å². The van der Waals surface area contributed by atoms with E-state index < -0.39 is 0 Å². The molecule has 0 amide bonds. The number of carbonyl (C=O) groups is 1. The Hall–Kier alpha value is -0.630. The molecular weight excluding hydrogens is 114 g/mol. The van der Waals surface area contributed by atoms with Crippen LogP contribution in [-0.4, -0.2) is 31.3 Å². The molecule has 0 heterocycles. The van der Waals surface area contributed by atoms with E-state index in [-0.39, 0.29) is 5.78 Å². The molecule has 0 fully saturated rings. The highest BCUT2D eigenvalue weighted by Crippen LogP contribution is 1.77. The van der Waals surface area contributed by atoms with Crippen LogP contribution in [0.1, 0.15) is 6.92 Å². The maximum atomic E-state index is 10.3. The third-order valence-electron chi connectivity index (χ3n) is 0.823. The van der Waals surface area contributed by atoms with E-state index >= 15 is 0 Å². The average Bonchev–Trinajstić information content (AvgIpc) is 1.63. The van der Waals surface area contributed by atoms with Crippen molar-refractivity contribution in [1.29, 1.82) is 0 Å². The number of nitrogens with zero attached hydrogens (tertiary/aromatic N) is 1. The molecule has 0 rings (SSSR count). The number of rotatable bonds is 3. The maximum absolute atomic E-state index is 10.3. The lowest BCUT2D eigenvalue weighted by Crippen LogP contribution is -2.10. The number of hydrogen-bond acceptors (Lipinski definition) is 2. The Morgan fingerprint density at radius 2 is 2.11 bits per heavy atom. The fourth-order valence-corrected chi connectivity index (χ4v) is 0.429. The molecule has 0 aliphatic rings. The number of ketones is 1. The van der Waals surface area contributed by atoms with Gasteiger partial charge >= 0.3 is 0 Å². The summed E-state index contributed by atoms with van der Waals surface area (Å²) in [5.41, 5.74) is 0. The van der Waals surface area contributed by atoms with Gasteiger partial charge in [-0.15, -0.1) is 0 Å². The Balaban J connectivity index is 3.36. The summed E-state index contributed by atoms with van der Waals surface area (Å²) in [6.45, 7) is 2.38. The summed E-state index contributed by atoms with van der Waals surface area (Å²) < 4.78 is 0. The summed E-state index contributed by atoms with van der Waals surface area (Å²) in [5.74, 6) is 0.108. The molecule has 0 aromatic carbocycles. The molecule has 0 saturated carbocycles. The lowest BCUT2D eigenvalue weighted by molar-refractivity contribution is -0.112. The molecule has 0 unspecified atom stereocenters. The molecule has 0 aromatic rings. The van der Waals surface area contributed by atoms with E-state index in [1.54, 1.807) is 13.0 Å². The van der Waals surface area contributed by atoms with Gasteiger partial charge in [0.25, 0.3) is 0 Å². The van der Waals surface area contributed by atoms with Gasteiger partial charge in [0.05, 0.1) is 0 Å². The van der Waals surface area contributed by atoms with Crippen LogP contribution in [0.15, 0.2) is 12.2 Å². The average molecular weight is 127 g/mol. The number of carbonyl (C=O) groups excluding carboxylic acids is 1. The first kappa shape index (κ1) is 8.37. The van der Waals surface area contributed by atoms with E-state index in [1.165, 1.54) is 0 Å². The zero-order chi connectivity index (χ0) is 7.28. The minimum Gasteiger partial charge on any atom is -0.306 e. The van der Waals surface area contributed by atoms with Crippen molar-refractivity contribution in [3.8, 4) is 0 Å². The molecule has 9 heavy (non-hydrogen) atoms. The molecule has 52 valence electrons. The maximum Gasteiger partial charge on any atom is 0.152 e. The van der Waals surface area contributed by atoms with E-state index in [0.717, 1.165) is 6.54 Å². The Morgan fingerprint density at radius 3 is 2.44 bits per heavy atom. The van der Waals surface area contributed by atoms with Gasteiger partial charge < -0.3 is 4.90 Å². The molecule has 0 bridgehead atoms. The summed E-state index contributed by atoms with van der Waals surface area (Å²) in [6.07, 6.45) is 3.43. The van der Waals surface area contributed by atoms with Crippen LogP contribution >= 0.6 is 0 Å². The van der Waals surface area contributed by atoms with Crippen LogP contribution in [0, 0.1) is 0 Å². The normalized spacial score (nSPS) is 11.1. The van der Waals surface area contributed by atoms with Gasteiger partial charge in [0.15, 0.2) is 5.78 Å². The molecule has 0 aromatic heterocycles. The Bertz CT molecular complexity index is 116. The molecular formula is C7H13NO. The zero-order valence-corrected chi connectivity index (χ0v) is 6.22. The van der Waals surface area contributed by atoms with Gasteiger partial charge in [-0.25, -0.2) is 0 Å². The molecule has 0 saturated heterocycles.